The molecule has 1 N–H and O–H groups in total. The second-order valence-electron chi connectivity index (χ2n) is 4.50. The lowest BCUT2D eigenvalue weighted by Gasteiger charge is -2.20. The molecule has 0 unspecified atom stereocenters. The molecule has 0 aromatic heterocycles. The van der Waals surface area contributed by atoms with Gasteiger partial charge in [-0.1, -0.05) is 19.1 Å². The minimum absolute atomic E-state index is 0.129. The van der Waals surface area contributed by atoms with Gasteiger partial charge in [-0.05, 0) is 24.1 Å². The summed E-state index contributed by atoms with van der Waals surface area (Å²) in [5.41, 5.74) is 1.20. The van der Waals surface area contributed by atoms with Crippen LogP contribution in [0, 0.1) is 0 Å². The van der Waals surface area contributed by atoms with Gasteiger partial charge in [-0.25, -0.2) is 4.79 Å². The Morgan fingerprint density at radius 3 is 2.70 bits per heavy atom. The molecule has 6 heteroatoms. The number of rotatable bonds is 5. The molecule has 108 valence electrons. The van der Waals surface area contributed by atoms with E-state index in [1.807, 2.05) is 24.3 Å². The van der Waals surface area contributed by atoms with Crippen molar-refractivity contribution >= 4 is 23.6 Å². The summed E-state index contributed by atoms with van der Waals surface area (Å²) in [6.45, 7) is 1.94. The molecule has 0 spiro atoms. The maximum Gasteiger partial charge on any atom is 0.327 e. The SMILES string of the molecule is CCc1ccc(OCC(=O)N2CSC[C@H]2C(=O)O)cc1. The fraction of sp³-hybridized carbons (Fsp3) is 0.429. The van der Waals surface area contributed by atoms with Crippen molar-refractivity contribution in [1.29, 1.82) is 0 Å². The average Bonchev–Trinajstić information content (AvgIpc) is 2.95. The third-order valence-electron chi connectivity index (χ3n) is 3.18. The van der Waals surface area contributed by atoms with Crippen molar-refractivity contribution in [2.75, 3.05) is 18.2 Å². The van der Waals surface area contributed by atoms with Crippen LogP contribution in [0.25, 0.3) is 0 Å². The first-order valence-corrected chi connectivity index (χ1v) is 7.59. The van der Waals surface area contributed by atoms with Crippen molar-refractivity contribution in [3.63, 3.8) is 0 Å². The highest BCUT2D eigenvalue weighted by Gasteiger charge is 2.34. The van der Waals surface area contributed by atoms with Crippen LogP contribution >= 0.6 is 11.8 Å². The molecule has 0 saturated carbocycles. The van der Waals surface area contributed by atoms with Crippen molar-refractivity contribution in [3.05, 3.63) is 29.8 Å². The Hall–Kier alpha value is -1.69. The molecule has 1 fully saturated rings. The summed E-state index contributed by atoms with van der Waals surface area (Å²) in [6.07, 6.45) is 0.949. The summed E-state index contributed by atoms with van der Waals surface area (Å²) in [5.74, 6) is 0.215. The molecular formula is C14H17NO4S. The Balaban J connectivity index is 1.89. The average molecular weight is 295 g/mol. The topological polar surface area (TPSA) is 66.8 Å². The molecule has 1 aromatic rings. The maximum atomic E-state index is 12.0. The zero-order chi connectivity index (χ0) is 14.5. The van der Waals surface area contributed by atoms with E-state index in [0.29, 0.717) is 17.4 Å². The lowest BCUT2D eigenvalue weighted by atomic mass is 10.2. The number of aryl methyl sites for hydroxylation is 1. The first kappa shape index (κ1) is 14.7. The van der Waals surface area contributed by atoms with Crippen molar-refractivity contribution < 1.29 is 19.4 Å². The number of carboxylic acids is 1. The van der Waals surface area contributed by atoms with E-state index in [1.165, 1.54) is 22.2 Å². The molecule has 1 atom stereocenters. The summed E-state index contributed by atoms with van der Waals surface area (Å²) in [7, 11) is 0. The summed E-state index contributed by atoms with van der Waals surface area (Å²) >= 11 is 1.44. The van der Waals surface area contributed by atoms with Crippen LogP contribution in [0.3, 0.4) is 0 Å². The molecule has 1 amide bonds. The van der Waals surface area contributed by atoms with Crippen LogP contribution in [0.4, 0.5) is 0 Å². The molecule has 0 aliphatic carbocycles. The molecule has 0 bridgehead atoms. The Bertz CT molecular complexity index is 488. The van der Waals surface area contributed by atoms with Crippen LogP contribution < -0.4 is 4.74 Å². The van der Waals surface area contributed by atoms with Crippen molar-refractivity contribution in [3.8, 4) is 5.75 Å². The van der Waals surface area contributed by atoms with Gasteiger partial charge < -0.3 is 14.7 Å². The fourth-order valence-electron chi connectivity index (χ4n) is 1.94. The third kappa shape index (κ3) is 3.45. The highest BCUT2D eigenvalue weighted by atomic mass is 32.2. The zero-order valence-corrected chi connectivity index (χ0v) is 12.1. The largest absolute Gasteiger partial charge is 0.484 e. The van der Waals surface area contributed by atoms with Crippen molar-refractivity contribution in [1.82, 2.24) is 4.90 Å². The number of carbonyl (C=O) groups excluding carboxylic acids is 1. The Kier molecular flexibility index (Phi) is 4.89. The van der Waals surface area contributed by atoms with Crippen LogP contribution in [0.1, 0.15) is 12.5 Å². The molecule has 1 aliphatic heterocycles. The zero-order valence-electron chi connectivity index (χ0n) is 11.2. The van der Waals surface area contributed by atoms with Gasteiger partial charge in [0.05, 0.1) is 5.88 Å². The summed E-state index contributed by atoms with van der Waals surface area (Å²) in [5, 5.41) is 9.03. The predicted molar refractivity (Wildman–Crippen MR) is 76.9 cm³/mol. The predicted octanol–water partition coefficient (Wildman–Crippen LogP) is 1.61. The number of amides is 1. The molecule has 1 heterocycles. The van der Waals surface area contributed by atoms with Gasteiger partial charge in [0, 0.05) is 5.75 Å². The second kappa shape index (κ2) is 6.65. The van der Waals surface area contributed by atoms with Gasteiger partial charge in [0.25, 0.3) is 5.91 Å². The lowest BCUT2D eigenvalue weighted by molar-refractivity contribution is -0.148. The van der Waals surface area contributed by atoms with Crippen LogP contribution in [-0.4, -0.2) is 46.2 Å². The van der Waals surface area contributed by atoms with E-state index in [4.69, 9.17) is 9.84 Å². The van der Waals surface area contributed by atoms with Gasteiger partial charge in [-0.15, -0.1) is 11.8 Å². The highest BCUT2D eigenvalue weighted by Crippen LogP contribution is 2.21. The van der Waals surface area contributed by atoms with Crippen LogP contribution in [0.2, 0.25) is 0 Å². The van der Waals surface area contributed by atoms with E-state index >= 15 is 0 Å². The minimum atomic E-state index is -0.962. The quantitative estimate of drug-likeness (QED) is 0.894. The highest BCUT2D eigenvalue weighted by molar-refractivity contribution is 7.99. The number of thioether (sulfide) groups is 1. The van der Waals surface area contributed by atoms with Crippen LogP contribution in [-0.2, 0) is 16.0 Å². The number of benzene rings is 1. The van der Waals surface area contributed by atoms with Crippen molar-refractivity contribution in [2.24, 2.45) is 0 Å². The Morgan fingerprint density at radius 2 is 2.10 bits per heavy atom. The molecule has 5 nitrogen and oxygen atoms in total. The monoisotopic (exact) mass is 295 g/mol. The van der Waals surface area contributed by atoms with Gasteiger partial charge >= 0.3 is 5.97 Å². The summed E-state index contributed by atoms with van der Waals surface area (Å²) < 4.78 is 5.41. The van der Waals surface area contributed by atoms with Gasteiger partial charge in [0.15, 0.2) is 6.61 Å². The number of ether oxygens (including phenoxy) is 1. The standard InChI is InChI=1S/C14H17NO4S/c1-2-10-3-5-11(6-4-10)19-7-13(16)15-9-20-8-12(15)14(17)18/h3-6,12H,2,7-9H2,1H3,(H,17,18)/t12-/m0/s1. The summed E-state index contributed by atoms with van der Waals surface area (Å²) in [6, 6.07) is 6.80. The molecule has 0 radical (unpaired) electrons. The Labute approximate surface area is 121 Å². The normalized spacial score (nSPS) is 18.1. The first-order valence-electron chi connectivity index (χ1n) is 6.43. The first-order chi connectivity index (χ1) is 9.61. The second-order valence-corrected chi connectivity index (χ2v) is 5.50. The summed E-state index contributed by atoms with van der Waals surface area (Å²) in [4.78, 5) is 24.3. The number of nitrogens with zero attached hydrogens (tertiary/aromatic N) is 1. The van der Waals surface area contributed by atoms with Crippen LogP contribution in [0.15, 0.2) is 24.3 Å². The van der Waals surface area contributed by atoms with E-state index in [0.717, 1.165) is 6.42 Å². The number of hydrogen-bond acceptors (Lipinski definition) is 4. The fourth-order valence-corrected chi connectivity index (χ4v) is 3.11. The molecule has 20 heavy (non-hydrogen) atoms. The lowest BCUT2D eigenvalue weighted by Crippen LogP contribution is -2.43. The van der Waals surface area contributed by atoms with Gasteiger partial charge in [0.2, 0.25) is 0 Å². The van der Waals surface area contributed by atoms with Gasteiger partial charge in [-0.2, -0.15) is 0 Å². The van der Waals surface area contributed by atoms with Crippen LogP contribution in [0.5, 0.6) is 5.75 Å². The van der Waals surface area contributed by atoms with Gasteiger partial charge in [-0.3, -0.25) is 4.79 Å². The number of hydrogen-bond donors (Lipinski definition) is 1. The number of carboxylic acid groups (broad SMARTS) is 1. The molecule has 2 rings (SSSR count). The minimum Gasteiger partial charge on any atom is -0.484 e. The van der Waals surface area contributed by atoms with Crippen molar-refractivity contribution in [2.45, 2.75) is 19.4 Å². The van der Waals surface area contributed by atoms with E-state index < -0.39 is 12.0 Å². The van der Waals surface area contributed by atoms with E-state index in [-0.39, 0.29) is 12.5 Å². The number of carbonyl (C=O) groups is 2. The molecule has 1 aliphatic rings. The van der Waals surface area contributed by atoms with Gasteiger partial charge in [0.1, 0.15) is 11.8 Å². The molecular weight excluding hydrogens is 278 g/mol. The number of aliphatic carboxylic acids is 1. The Morgan fingerprint density at radius 1 is 1.40 bits per heavy atom. The smallest absolute Gasteiger partial charge is 0.327 e. The molecule has 1 saturated heterocycles. The molecule has 1 aromatic carbocycles. The maximum absolute atomic E-state index is 12.0. The van der Waals surface area contributed by atoms with E-state index in [9.17, 15) is 9.59 Å². The third-order valence-corrected chi connectivity index (χ3v) is 4.19. The van der Waals surface area contributed by atoms with E-state index in [1.54, 1.807) is 0 Å². The van der Waals surface area contributed by atoms with E-state index in [2.05, 4.69) is 6.92 Å².